The van der Waals surface area contributed by atoms with E-state index in [-0.39, 0.29) is 23.6 Å². The van der Waals surface area contributed by atoms with Gasteiger partial charge in [-0.2, -0.15) is 0 Å². The van der Waals surface area contributed by atoms with Crippen LogP contribution < -0.4 is 0 Å². The van der Waals surface area contributed by atoms with Crippen LogP contribution in [0.4, 0.5) is 0 Å². The zero-order valence-corrected chi connectivity index (χ0v) is 8.71. The van der Waals surface area contributed by atoms with Gasteiger partial charge < -0.3 is 4.74 Å². The van der Waals surface area contributed by atoms with E-state index in [9.17, 15) is 9.59 Å². The van der Waals surface area contributed by atoms with E-state index in [0.717, 1.165) is 19.3 Å². The summed E-state index contributed by atoms with van der Waals surface area (Å²) >= 11 is 0. The highest BCUT2D eigenvalue weighted by atomic mass is 16.5. The largest absolute Gasteiger partial charge is 0.469 e. The monoisotopic (exact) mass is 196 g/mol. The molecule has 0 amide bonds. The minimum atomic E-state index is -0.442. The van der Waals surface area contributed by atoms with Gasteiger partial charge in [-0.3, -0.25) is 9.59 Å². The molecule has 0 N–H and O–H groups in total. The number of hydrogen-bond donors (Lipinski definition) is 0. The molecule has 0 spiro atoms. The Kier molecular flexibility index (Phi) is 2.13. The molecule has 2 saturated carbocycles. The van der Waals surface area contributed by atoms with Crippen LogP contribution in [0.15, 0.2) is 0 Å². The van der Waals surface area contributed by atoms with Crippen molar-refractivity contribution < 1.29 is 14.3 Å². The van der Waals surface area contributed by atoms with Gasteiger partial charge in [0.1, 0.15) is 5.78 Å². The predicted molar refractivity (Wildman–Crippen MR) is 50.6 cm³/mol. The van der Waals surface area contributed by atoms with Gasteiger partial charge in [0.05, 0.1) is 12.5 Å². The SMILES string of the molecule is CCC1(C(=O)OC)C2CCCC(=O)C21. The molecule has 0 bridgehead atoms. The number of carbonyl (C=O) groups excluding carboxylic acids is 2. The van der Waals surface area contributed by atoms with Crippen LogP contribution in [0.2, 0.25) is 0 Å². The summed E-state index contributed by atoms with van der Waals surface area (Å²) in [5, 5.41) is 0. The van der Waals surface area contributed by atoms with Crippen molar-refractivity contribution in [3.63, 3.8) is 0 Å². The van der Waals surface area contributed by atoms with Crippen LogP contribution in [-0.4, -0.2) is 18.9 Å². The molecule has 2 aliphatic carbocycles. The summed E-state index contributed by atoms with van der Waals surface area (Å²) < 4.78 is 4.82. The summed E-state index contributed by atoms with van der Waals surface area (Å²) in [4.78, 5) is 23.3. The normalized spacial score (nSPS) is 40.3. The third-order valence-electron chi connectivity index (χ3n) is 3.95. The molecule has 3 heteroatoms. The number of Topliss-reactive ketones (excluding diaryl/α,β-unsaturated/α-hetero) is 1. The summed E-state index contributed by atoms with van der Waals surface area (Å²) in [6, 6.07) is 0. The predicted octanol–water partition coefficient (Wildman–Crippen LogP) is 1.55. The first-order valence-corrected chi connectivity index (χ1v) is 5.29. The van der Waals surface area contributed by atoms with E-state index in [1.807, 2.05) is 6.92 Å². The Morgan fingerprint density at radius 1 is 1.64 bits per heavy atom. The van der Waals surface area contributed by atoms with Gasteiger partial charge in [-0.05, 0) is 25.2 Å². The maximum atomic E-state index is 11.7. The van der Waals surface area contributed by atoms with Gasteiger partial charge in [-0.15, -0.1) is 0 Å². The number of carbonyl (C=O) groups is 2. The van der Waals surface area contributed by atoms with Crippen LogP contribution in [0.25, 0.3) is 0 Å². The fourth-order valence-corrected chi connectivity index (χ4v) is 3.20. The molecule has 0 radical (unpaired) electrons. The van der Waals surface area contributed by atoms with E-state index in [1.54, 1.807) is 0 Å². The number of hydrogen-bond acceptors (Lipinski definition) is 3. The van der Waals surface area contributed by atoms with Crippen LogP contribution >= 0.6 is 0 Å². The standard InChI is InChI=1S/C11H16O3/c1-3-11(10(13)14-2)7-5-4-6-8(12)9(7)11/h7,9H,3-6H2,1-2H3. The van der Waals surface area contributed by atoms with Gasteiger partial charge in [0, 0.05) is 12.3 Å². The van der Waals surface area contributed by atoms with Crippen molar-refractivity contribution in [3.05, 3.63) is 0 Å². The highest BCUT2D eigenvalue weighted by Crippen LogP contribution is 2.66. The third kappa shape index (κ3) is 0.983. The maximum Gasteiger partial charge on any atom is 0.312 e. The third-order valence-corrected chi connectivity index (χ3v) is 3.95. The first-order chi connectivity index (χ1) is 6.68. The molecule has 0 aromatic rings. The average Bonchev–Trinajstić information content (AvgIpc) is 2.88. The number of esters is 1. The summed E-state index contributed by atoms with van der Waals surface area (Å²) in [5.74, 6) is 0.355. The molecule has 3 unspecified atom stereocenters. The van der Waals surface area contributed by atoms with E-state index >= 15 is 0 Å². The Balaban J connectivity index is 2.24. The molecule has 2 fully saturated rings. The Hall–Kier alpha value is -0.860. The molecule has 0 aromatic carbocycles. The van der Waals surface area contributed by atoms with Gasteiger partial charge in [0.15, 0.2) is 0 Å². The molecule has 0 saturated heterocycles. The summed E-state index contributed by atoms with van der Waals surface area (Å²) in [7, 11) is 1.41. The second-order valence-corrected chi connectivity index (χ2v) is 4.33. The number of rotatable bonds is 2. The van der Waals surface area contributed by atoms with Gasteiger partial charge in [0.25, 0.3) is 0 Å². The molecule has 0 aromatic heterocycles. The van der Waals surface area contributed by atoms with Gasteiger partial charge in [-0.25, -0.2) is 0 Å². The number of fused-ring (bicyclic) bond motifs is 1. The minimum Gasteiger partial charge on any atom is -0.469 e. The van der Waals surface area contributed by atoms with Crippen molar-refractivity contribution in [1.29, 1.82) is 0 Å². The summed E-state index contributed by atoms with van der Waals surface area (Å²) in [6.07, 6.45) is 3.35. The fourth-order valence-electron chi connectivity index (χ4n) is 3.20. The zero-order valence-electron chi connectivity index (χ0n) is 8.71. The van der Waals surface area contributed by atoms with E-state index in [2.05, 4.69) is 0 Å². The van der Waals surface area contributed by atoms with E-state index in [1.165, 1.54) is 7.11 Å². The molecular weight excluding hydrogens is 180 g/mol. The van der Waals surface area contributed by atoms with E-state index in [0.29, 0.717) is 6.42 Å². The Morgan fingerprint density at radius 2 is 2.36 bits per heavy atom. The van der Waals surface area contributed by atoms with Crippen LogP contribution in [0.1, 0.15) is 32.6 Å². The van der Waals surface area contributed by atoms with Gasteiger partial charge in [-0.1, -0.05) is 6.92 Å². The lowest BCUT2D eigenvalue weighted by atomic mass is 9.98. The smallest absolute Gasteiger partial charge is 0.312 e. The minimum absolute atomic E-state index is 0.0197. The fraction of sp³-hybridized carbons (Fsp3) is 0.818. The van der Waals surface area contributed by atoms with Crippen molar-refractivity contribution in [3.8, 4) is 0 Å². The van der Waals surface area contributed by atoms with E-state index in [4.69, 9.17) is 4.74 Å². The number of ether oxygens (including phenoxy) is 1. The molecule has 3 atom stereocenters. The van der Waals surface area contributed by atoms with Gasteiger partial charge in [0.2, 0.25) is 0 Å². The molecule has 2 rings (SSSR count). The first kappa shape index (κ1) is 9.69. The molecule has 0 heterocycles. The molecule has 0 aliphatic heterocycles. The van der Waals surface area contributed by atoms with Crippen molar-refractivity contribution in [2.45, 2.75) is 32.6 Å². The van der Waals surface area contributed by atoms with Gasteiger partial charge >= 0.3 is 5.97 Å². The number of methoxy groups -OCH3 is 1. The summed E-state index contributed by atoms with van der Waals surface area (Å²) in [5.41, 5.74) is -0.442. The highest BCUT2D eigenvalue weighted by molar-refractivity contribution is 5.96. The zero-order chi connectivity index (χ0) is 10.3. The van der Waals surface area contributed by atoms with Crippen molar-refractivity contribution in [2.24, 2.45) is 17.3 Å². The molecule has 14 heavy (non-hydrogen) atoms. The van der Waals surface area contributed by atoms with Crippen molar-refractivity contribution in [2.75, 3.05) is 7.11 Å². The lowest BCUT2D eigenvalue weighted by molar-refractivity contribution is -0.149. The summed E-state index contributed by atoms with van der Waals surface area (Å²) in [6.45, 7) is 1.97. The Bertz CT molecular complexity index is 284. The first-order valence-electron chi connectivity index (χ1n) is 5.29. The van der Waals surface area contributed by atoms with E-state index < -0.39 is 5.41 Å². The lowest BCUT2D eigenvalue weighted by Gasteiger charge is -2.11. The molecule has 3 nitrogen and oxygen atoms in total. The Morgan fingerprint density at radius 3 is 2.86 bits per heavy atom. The van der Waals surface area contributed by atoms with Crippen molar-refractivity contribution >= 4 is 11.8 Å². The average molecular weight is 196 g/mol. The van der Waals surface area contributed by atoms with Crippen molar-refractivity contribution in [1.82, 2.24) is 0 Å². The highest BCUT2D eigenvalue weighted by Gasteiger charge is 2.72. The molecular formula is C11H16O3. The van der Waals surface area contributed by atoms with Crippen LogP contribution in [0.5, 0.6) is 0 Å². The second kappa shape index (κ2) is 3.07. The lowest BCUT2D eigenvalue weighted by Crippen LogP contribution is -2.22. The van der Waals surface area contributed by atoms with Crippen LogP contribution in [0, 0.1) is 17.3 Å². The topological polar surface area (TPSA) is 43.4 Å². The maximum absolute atomic E-state index is 11.7. The number of ketones is 1. The molecule has 2 aliphatic rings. The molecule has 78 valence electrons. The Labute approximate surface area is 83.8 Å². The second-order valence-electron chi connectivity index (χ2n) is 4.33. The van der Waals surface area contributed by atoms with Crippen LogP contribution in [-0.2, 0) is 14.3 Å². The van der Waals surface area contributed by atoms with Crippen LogP contribution in [0.3, 0.4) is 0 Å². The quantitative estimate of drug-likeness (QED) is 0.629.